The zero-order valence-corrected chi connectivity index (χ0v) is 13.1. The molecule has 0 atom stereocenters. The number of hydrazone groups is 1. The van der Waals surface area contributed by atoms with Gasteiger partial charge in [-0.05, 0) is 38.1 Å². The van der Waals surface area contributed by atoms with E-state index >= 15 is 0 Å². The Kier molecular flexibility index (Phi) is 5.89. The number of hydrogen-bond acceptors (Lipinski definition) is 4. The lowest BCUT2D eigenvalue weighted by molar-refractivity contribution is -0.119. The van der Waals surface area contributed by atoms with Gasteiger partial charge in [-0.1, -0.05) is 0 Å². The number of rotatable bonds is 5. The van der Waals surface area contributed by atoms with E-state index in [-0.39, 0.29) is 18.3 Å². The van der Waals surface area contributed by atoms with Crippen LogP contribution in [0.1, 0.15) is 26.7 Å². The van der Waals surface area contributed by atoms with Crippen molar-refractivity contribution in [1.82, 2.24) is 10.3 Å². The SMILES string of the molecule is CC(C)N1CCC(=NNC(=O)CNc2ccc(F)cc2)CC1. The van der Waals surface area contributed by atoms with Crippen molar-refractivity contribution in [3.05, 3.63) is 30.1 Å². The fourth-order valence-electron chi connectivity index (χ4n) is 2.34. The van der Waals surface area contributed by atoms with Gasteiger partial charge in [0.25, 0.3) is 5.91 Å². The van der Waals surface area contributed by atoms with Crippen LogP contribution in [-0.2, 0) is 4.79 Å². The maximum absolute atomic E-state index is 12.8. The summed E-state index contributed by atoms with van der Waals surface area (Å²) in [5.41, 5.74) is 4.31. The van der Waals surface area contributed by atoms with Gasteiger partial charge in [0, 0.05) is 43.4 Å². The molecule has 1 amide bonds. The molecule has 1 aliphatic heterocycles. The fourth-order valence-corrected chi connectivity index (χ4v) is 2.34. The molecule has 0 radical (unpaired) electrons. The van der Waals surface area contributed by atoms with Crippen molar-refractivity contribution in [1.29, 1.82) is 0 Å². The van der Waals surface area contributed by atoms with Gasteiger partial charge in [-0.2, -0.15) is 5.10 Å². The number of likely N-dealkylation sites (tertiary alicyclic amines) is 1. The fraction of sp³-hybridized carbons (Fsp3) is 0.500. The minimum Gasteiger partial charge on any atom is -0.376 e. The second-order valence-electron chi connectivity index (χ2n) is 5.70. The average molecular weight is 306 g/mol. The summed E-state index contributed by atoms with van der Waals surface area (Å²) in [6, 6.07) is 6.44. The van der Waals surface area contributed by atoms with Crippen LogP contribution < -0.4 is 10.7 Å². The van der Waals surface area contributed by atoms with Crippen molar-refractivity contribution in [2.75, 3.05) is 25.0 Å². The van der Waals surface area contributed by atoms with Crippen LogP contribution >= 0.6 is 0 Å². The molecule has 5 nitrogen and oxygen atoms in total. The number of carbonyl (C=O) groups excluding carboxylic acids is 1. The van der Waals surface area contributed by atoms with Crippen molar-refractivity contribution in [3.8, 4) is 0 Å². The van der Waals surface area contributed by atoms with Gasteiger partial charge in [-0.25, -0.2) is 9.82 Å². The van der Waals surface area contributed by atoms with Gasteiger partial charge in [-0.15, -0.1) is 0 Å². The van der Waals surface area contributed by atoms with E-state index in [0.29, 0.717) is 11.7 Å². The molecule has 6 heteroatoms. The Morgan fingerprint density at radius 1 is 1.27 bits per heavy atom. The minimum absolute atomic E-state index is 0.112. The first-order valence-corrected chi connectivity index (χ1v) is 7.62. The molecule has 22 heavy (non-hydrogen) atoms. The zero-order chi connectivity index (χ0) is 15.9. The molecule has 0 bridgehead atoms. The average Bonchev–Trinajstić information content (AvgIpc) is 2.52. The lowest BCUT2D eigenvalue weighted by Gasteiger charge is -2.30. The standard InChI is InChI=1S/C16H23FN4O/c1-12(2)21-9-7-15(8-10-21)19-20-16(22)11-18-14-5-3-13(17)4-6-14/h3-6,12,18H,7-11H2,1-2H3,(H,20,22). The minimum atomic E-state index is -0.297. The summed E-state index contributed by atoms with van der Waals surface area (Å²) in [6.45, 7) is 6.46. The molecular formula is C16H23FN4O. The molecule has 1 saturated heterocycles. The number of nitrogens with one attached hydrogen (secondary N) is 2. The molecule has 2 N–H and O–H groups in total. The third-order valence-electron chi connectivity index (χ3n) is 3.74. The summed E-state index contributed by atoms with van der Waals surface area (Å²) in [6.07, 6.45) is 1.79. The van der Waals surface area contributed by atoms with Crippen LogP contribution in [0.5, 0.6) is 0 Å². The molecule has 1 fully saturated rings. The molecule has 0 aliphatic carbocycles. The summed E-state index contributed by atoms with van der Waals surface area (Å²) >= 11 is 0. The first-order valence-electron chi connectivity index (χ1n) is 7.62. The van der Waals surface area contributed by atoms with E-state index in [0.717, 1.165) is 31.6 Å². The maximum Gasteiger partial charge on any atom is 0.259 e. The highest BCUT2D eigenvalue weighted by molar-refractivity contribution is 5.88. The van der Waals surface area contributed by atoms with Crippen LogP contribution in [0.25, 0.3) is 0 Å². The smallest absolute Gasteiger partial charge is 0.259 e. The number of amides is 1. The molecule has 0 spiro atoms. The monoisotopic (exact) mass is 306 g/mol. The topological polar surface area (TPSA) is 56.7 Å². The van der Waals surface area contributed by atoms with Crippen molar-refractivity contribution in [2.24, 2.45) is 5.10 Å². The molecule has 0 saturated carbocycles. The van der Waals surface area contributed by atoms with Gasteiger partial charge < -0.3 is 10.2 Å². The molecule has 0 unspecified atom stereocenters. The zero-order valence-electron chi connectivity index (χ0n) is 13.1. The van der Waals surface area contributed by atoms with Crippen LogP contribution in [0.3, 0.4) is 0 Å². The predicted octanol–water partition coefficient (Wildman–Crippen LogP) is 2.21. The number of anilines is 1. The summed E-state index contributed by atoms with van der Waals surface area (Å²) < 4.78 is 12.8. The predicted molar refractivity (Wildman–Crippen MR) is 86.4 cm³/mol. The third-order valence-corrected chi connectivity index (χ3v) is 3.74. The molecule has 2 rings (SSSR count). The van der Waals surface area contributed by atoms with Gasteiger partial charge in [0.15, 0.2) is 0 Å². The molecule has 1 aliphatic rings. The molecule has 1 aromatic rings. The third kappa shape index (κ3) is 5.11. The number of benzene rings is 1. The molecule has 120 valence electrons. The lowest BCUT2D eigenvalue weighted by atomic mass is 10.1. The number of hydrogen-bond donors (Lipinski definition) is 2. The summed E-state index contributed by atoms with van der Waals surface area (Å²) in [4.78, 5) is 14.1. The van der Waals surface area contributed by atoms with E-state index in [1.165, 1.54) is 12.1 Å². The molecule has 0 aromatic heterocycles. The Bertz CT molecular complexity index is 517. The highest BCUT2D eigenvalue weighted by Crippen LogP contribution is 2.10. The Morgan fingerprint density at radius 3 is 2.50 bits per heavy atom. The van der Waals surface area contributed by atoms with Crippen LogP contribution in [0.4, 0.5) is 10.1 Å². The second-order valence-corrected chi connectivity index (χ2v) is 5.70. The number of halogens is 1. The quantitative estimate of drug-likeness (QED) is 0.820. The van der Waals surface area contributed by atoms with Crippen molar-refractivity contribution in [2.45, 2.75) is 32.7 Å². The Hall–Kier alpha value is -1.95. The first kappa shape index (κ1) is 16.4. The summed E-state index contributed by atoms with van der Waals surface area (Å²) in [5.74, 6) is -0.503. The highest BCUT2D eigenvalue weighted by Gasteiger charge is 2.17. The van der Waals surface area contributed by atoms with E-state index in [1.807, 2.05) is 0 Å². The largest absolute Gasteiger partial charge is 0.376 e. The number of nitrogens with zero attached hydrogens (tertiary/aromatic N) is 2. The van der Waals surface area contributed by atoms with Crippen LogP contribution in [0, 0.1) is 5.82 Å². The van der Waals surface area contributed by atoms with Gasteiger partial charge >= 0.3 is 0 Å². The van der Waals surface area contributed by atoms with E-state index < -0.39 is 0 Å². The van der Waals surface area contributed by atoms with E-state index in [1.54, 1.807) is 12.1 Å². The normalized spacial score (nSPS) is 15.7. The van der Waals surface area contributed by atoms with E-state index in [9.17, 15) is 9.18 Å². The van der Waals surface area contributed by atoms with Gasteiger partial charge in [-0.3, -0.25) is 4.79 Å². The molecule has 1 aromatic carbocycles. The Balaban J connectivity index is 1.71. The Labute approximate surface area is 130 Å². The van der Waals surface area contributed by atoms with Crippen LogP contribution in [0.2, 0.25) is 0 Å². The first-order chi connectivity index (χ1) is 10.5. The highest BCUT2D eigenvalue weighted by atomic mass is 19.1. The van der Waals surface area contributed by atoms with E-state index in [2.05, 4.69) is 34.6 Å². The maximum atomic E-state index is 12.8. The van der Waals surface area contributed by atoms with Crippen molar-refractivity contribution < 1.29 is 9.18 Å². The second kappa shape index (κ2) is 7.89. The number of piperidine rings is 1. The van der Waals surface area contributed by atoms with Crippen molar-refractivity contribution in [3.63, 3.8) is 0 Å². The molecule has 1 heterocycles. The van der Waals surface area contributed by atoms with Crippen molar-refractivity contribution >= 4 is 17.3 Å². The van der Waals surface area contributed by atoms with E-state index in [4.69, 9.17) is 0 Å². The summed E-state index contributed by atoms with van der Waals surface area (Å²) in [5, 5.41) is 7.12. The van der Waals surface area contributed by atoms with Gasteiger partial charge in [0.2, 0.25) is 0 Å². The lowest BCUT2D eigenvalue weighted by Crippen LogP contribution is -2.39. The Morgan fingerprint density at radius 2 is 1.91 bits per heavy atom. The van der Waals surface area contributed by atoms with Gasteiger partial charge in [0.1, 0.15) is 5.82 Å². The number of carbonyl (C=O) groups is 1. The summed E-state index contributed by atoms with van der Waals surface area (Å²) in [7, 11) is 0. The van der Waals surface area contributed by atoms with Gasteiger partial charge in [0.05, 0.1) is 6.54 Å². The molecular weight excluding hydrogens is 283 g/mol. The van der Waals surface area contributed by atoms with Crippen LogP contribution in [0.15, 0.2) is 29.4 Å². The van der Waals surface area contributed by atoms with Crippen LogP contribution in [-0.4, -0.2) is 42.2 Å².